The number of ether oxygens (including phenoxy) is 3. The van der Waals surface area contributed by atoms with Gasteiger partial charge >= 0.3 is 0 Å². The number of hydrogen-bond donors (Lipinski definition) is 1. The number of carbonyl (C=O) groups is 1. The number of benzene rings is 2. The van der Waals surface area contributed by atoms with E-state index in [1.807, 2.05) is 25.1 Å². The molecular weight excluding hydrogens is 686 g/mol. The Labute approximate surface area is 309 Å². The minimum atomic E-state index is -3.91. The monoisotopic (exact) mass is 741 g/mol. The number of nitrogens with one attached hydrogen (secondary N) is 1. The van der Waals surface area contributed by atoms with Gasteiger partial charge in [-0.2, -0.15) is 0 Å². The lowest BCUT2D eigenvalue weighted by Crippen LogP contribution is -2.54. The first-order valence-electron chi connectivity index (χ1n) is 19.3. The quantitative estimate of drug-likeness (QED) is 0.366. The number of morpholine rings is 1. The summed E-state index contributed by atoms with van der Waals surface area (Å²) in [7, 11) is -3.91. The molecule has 9 nitrogen and oxygen atoms in total. The lowest BCUT2D eigenvalue weighted by Gasteiger charge is -2.52. The van der Waals surface area contributed by atoms with Crippen molar-refractivity contribution in [3.8, 4) is 5.75 Å². The number of rotatable bonds is 5. The minimum absolute atomic E-state index is 0.122. The van der Waals surface area contributed by atoms with Crippen LogP contribution in [0.3, 0.4) is 0 Å². The van der Waals surface area contributed by atoms with Gasteiger partial charge in [-0.1, -0.05) is 37.9 Å². The Balaban J connectivity index is 1.26. The molecule has 1 spiro atoms. The molecule has 1 N–H and O–H groups in total. The highest BCUT2D eigenvalue weighted by molar-refractivity contribution is 7.90. The number of amides is 1. The number of anilines is 1. The third-order valence-electron chi connectivity index (χ3n) is 13.1. The summed E-state index contributed by atoms with van der Waals surface area (Å²) >= 11 is 6.49. The van der Waals surface area contributed by atoms with Crippen LogP contribution >= 0.6 is 11.6 Å². The number of fused-ring (bicyclic) bond motifs is 4. The lowest BCUT2D eigenvalue weighted by molar-refractivity contribution is -0.143. The smallest absolute Gasteiger partial charge is 0.264 e. The molecule has 280 valence electrons. The summed E-state index contributed by atoms with van der Waals surface area (Å²) in [5, 5.41) is 0.0363. The zero-order valence-electron chi connectivity index (χ0n) is 30.6. The van der Waals surface area contributed by atoms with Gasteiger partial charge in [0.2, 0.25) is 10.0 Å². The van der Waals surface area contributed by atoms with Crippen LogP contribution < -0.4 is 14.4 Å². The Bertz CT molecular complexity index is 1680. The standard InChI is InChI=1S/C40H56ClN3O6S/c1-4-40(50-22-19-43-17-20-48-21-18-43)16-5-7-28(2)29(3)51(46,47)42-38(45)31-10-14-37-36(24-31)44(25-32-9-12-35(32)40)26-39(27-49-37)15-6-8-30-23-33(41)11-13-34(30)39/h10-11,13-14,23-24,28-29,32,35H,4-9,12,15-22,25-27H2,1-3H3,(H,42,45)/t28-,29+,32-,35+,39-,40+/m0/s1. The third kappa shape index (κ3) is 7.55. The molecule has 11 heteroatoms. The molecule has 1 saturated heterocycles. The molecule has 2 bridgehead atoms. The summed E-state index contributed by atoms with van der Waals surface area (Å²) < 4.78 is 49.0. The number of sulfonamides is 1. The number of halogens is 1. The molecule has 2 aliphatic carbocycles. The number of carbonyl (C=O) groups excluding carboxylic acids is 1. The zero-order chi connectivity index (χ0) is 35.8. The summed E-state index contributed by atoms with van der Waals surface area (Å²) in [6.45, 7) is 13.0. The van der Waals surface area contributed by atoms with Crippen molar-refractivity contribution in [1.29, 1.82) is 0 Å². The Kier molecular flexibility index (Phi) is 11.0. The van der Waals surface area contributed by atoms with Crippen LogP contribution in [0.15, 0.2) is 36.4 Å². The highest BCUT2D eigenvalue weighted by Crippen LogP contribution is 2.51. The van der Waals surface area contributed by atoms with Gasteiger partial charge in [-0.15, -0.1) is 0 Å². The van der Waals surface area contributed by atoms with Crippen molar-refractivity contribution < 1.29 is 27.4 Å². The van der Waals surface area contributed by atoms with E-state index in [9.17, 15) is 13.2 Å². The van der Waals surface area contributed by atoms with Gasteiger partial charge < -0.3 is 19.1 Å². The molecule has 0 radical (unpaired) electrons. The highest BCUT2D eigenvalue weighted by Gasteiger charge is 2.49. The van der Waals surface area contributed by atoms with Crippen molar-refractivity contribution in [3.05, 3.63) is 58.1 Å². The van der Waals surface area contributed by atoms with E-state index in [4.69, 9.17) is 25.8 Å². The van der Waals surface area contributed by atoms with Crippen molar-refractivity contribution in [2.45, 2.75) is 94.8 Å². The van der Waals surface area contributed by atoms with Crippen molar-refractivity contribution >= 4 is 33.2 Å². The van der Waals surface area contributed by atoms with Crippen molar-refractivity contribution in [3.63, 3.8) is 0 Å². The first-order valence-corrected chi connectivity index (χ1v) is 21.3. The third-order valence-corrected chi connectivity index (χ3v) is 15.3. The molecule has 2 aromatic carbocycles. The van der Waals surface area contributed by atoms with Gasteiger partial charge in [0.15, 0.2) is 0 Å². The fraction of sp³-hybridized carbons (Fsp3) is 0.675. The largest absolute Gasteiger partial charge is 0.490 e. The first-order chi connectivity index (χ1) is 24.5. The van der Waals surface area contributed by atoms with E-state index >= 15 is 0 Å². The maximum Gasteiger partial charge on any atom is 0.264 e. The molecular formula is C40H56ClN3O6S. The molecule has 0 unspecified atom stereocenters. The van der Waals surface area contributed by atoms with Crippen LogP contribution in [-0.4, -0.2) is 89.2 Å². The van der Waals surface area contributed by atoms with Crippen LogP contribution in [0.1, 0.15) is 93.6 Å². The molecule has 6 atom stereocenters. The van der Waals surface area contributed by atoms with Crippen LogP contribution in [0.5, 0.6) is 5.75 Å². The van der Waals surface area contributed by atoms with Crippen LogP contribution in [0.2, 0.25) is 5.02 Å². The predicted molar refractivity (Wildman–Crippen MR) is 202 cm³/mol. The zero-order valence-corrected chi connectivity index (χ0v) is 32.2. The Morgan fingerprint density at radius 3 is 2.63 bits per heavy atom. The summed E-state index contributed by atoms with van der Waals surface area (Å²) in [5.41, 5.74) is 3.22. The average molecular weight is 742 g/mol. The second-order valence-electron chi connectivity index (χ2n) is 16.0. The van der Waals surface area contributed by atoms with Gasteiger partial charge in [0, 0.05) is 48.7 Å². The van der Waals surface area contributed by atoms with Gasteiger partial charge in [-0.25, -0.2) is 13.1 Å². The minimum Gasteiger partial charge on any atom is -0.490 e. The van der Waals surface area contributed by atoms with Crippen molar-refractivity contribution in [2.75, 3.05) is 64.1 Å². The second-order valence-corrected chi connectivity index (χ2v) is 18.5. The van der Waals surface area contributed by atoms with Crippen LogP contribution in [-0.2, 0) is 31.3 Å². The SMILES string of the molecule is CC[C@@]1(OCCN2CCOCC2)CCC[C@H](C)[C@@H](C)S(=O)(=O)NC(=O)c2ccc3c(c2)N(C[C@@H]2CC[C@H]21)C[C@@]1(CCCc2cc(Cl)ccc21)CO3. The molecule has 7 rings (SSSR count). The maximum atomic E-state index is 13.6. The topological polar surface area (TPSA) is 97.4 Å². The Hall–Kier alpha value is -2.37. The fourth-order valence-electron chi connectivity index (χ4n) is 9.67. The van der Waals surface area contributed by atoms with E-state index in [0.29, 0.717) is 30.6 Å². The first kappa shape index (κ1) is 37.0. The van der Waals surface area contributed by atoms with Gasteiger partial charge in [0.05, 0.1) is 43.0 Å². The molecule has 0 aromatic heterocycles. The molecule has 3 aliphatic heterocycles. The van der Waals surface area contributed by atoms with Gasteiger partial charge in [0.1, 0.15) is 5.75 Å². The van der Waals surface area contributed by atoms with Gasteiger partial charge in [0.25, 0.3) is 5.91 Å². The predicted octanol–water partition coefficient (Wildman–Crippen LogP) is 6.61. The maximum absolute atomic E-state index is 13.6. The van der Waals surface area contributed by atoms with E-state index < -0.39 is 21.2 Å². The Morgan fingerprint density at radius 1 is 1.04 bits per heavy atom. The van der Waals surface area contributed by atoms with Crippen molar-refractivity contribution in [2.24, 2.45) is 17.8 Å². The summed E-state index contributed by atoms with van der Waals surface area (Å²) in [4.78, 5) is 18.5. The molecule has 5 aliphatic rings. The summed E-state index contributed by atoms with van der Waals surface area (Å²) in [6, 6.07) is 11.7. The molecule has 3 heterocycles. The lowest BCUT2D eigenvalue weighted by atomic mass is 9.62. The van der Waals surface area contributed by atoms with Crippen molar-refractivity contribution in [1.82, 2.24) is 9.62 Å². The van der Waals surface area contributed by atoms with E-state index in [-0.39, 0.29) is 16.9 Å². The number of nitrogens with zero attached hydrogens (tertiary/aromatic N) is 2. The molecule has 51 heavy (non-hydrogen) atoms. The Morgan fingerprint density at radius 2 is 1.86 bits per heavy atom. The van der Waals surface area contributed by atoms with Crippen LogP contribution in [0, 0.1) is 17.8 Å². The van der Waals surface area contributed by atoms with Crippen LogP contribution in [0.25, 0.3) is 0 Å². The number of hydrogen-bond acceptors (Lipinski definition) is 8. The number of aryl methyl sites for hydroxylation is 1. The van der Waals surface area contributed by atoms with Gasteiger partial charge in [-0.3, -0.25) is 9.69 Å². The van der Waals surface area contributed by atoms with E-state index in [1.165, 1.54) is 11.1 Å². The second kappa shape index (κ2) is 15.2. The molecule has 2 fully saturated rings. The molecule has 1 amide bonds. The van der Waals surface area contributed by atoms with E-state index in [2.05, 4.69) is 33.6 Å². The van der Waals surface area contributed by atoms with Crippen LogP contribution in [0.4, 0.5) is 5.69 Å². The van der Waals surface area contributed by atoms with E-state index in [1.54, 1.807) is 13.0 Å². The molecule has 1 saturated carbocycles. The fourth-order valence-corrected chi connectivity index (χ4v) is 11.2. The summed E-state index contributed by atoms with van der Waals surface area (Å²) in [5.74, 6) is 0.801. The normalized spacial score (nSPS) is 32.9. The average Bonchev–Trinajstić information content (AvgIpc) is 3.26. The van der Waals surface area contributed by atoms with E-state index in [0.717, 1.165) is 120 Å². The highest BCUT2D eigenvalue weighted by atomic mass is 35.5. The van der Waals surface area contributed by atoms with Gasteiger partial charge in [-0.05, 0) is 118 Å². The summed E-state index contributed by atoms with van der Waals surface area (Å²) in [6.07, 6.45) is 8.68. The molecule has 2 aromatic rings.